The van der Waals surface area contributed by atoms with Gasteiger partial charge >= 0.3 is 0 Å². The second kappa shape index (κ2) is 5.31. The highest BCUT2D eigenvalue weighted by Crippen LogP contribution is 2.37. The summed E-state index contributed by atoms with van der Waals surface area (Å²) in [5.41, 5.74) is 1.62. The highest BCUT2D eigenvalue weighted by atomic mass is 16.5. The van der Waals surface area contributed by atoms with Gasteiger partial charge in [0.25, 0.3) is 0 Å². The lowest BCUT2D eigenvalue weighted by Gasteiger charge is -2.35. The van der Waals surface area contributed by atoms with Gasteiger partial charge in [-0.25, -0.2) is 0 Å². The van der Waals surface area contributed by atoms with Crippen LogP contribution in [0.15, 0.2) is 24.3 Å². The van der Waals surface area contributed by atoms with Crippen molar-refractivity contribution in [2.75, 3.05) is 6.54 Å². The first-order valence-electron chi connectivity index (χ1n) is 6.98. The number of nitrogens with one attached hydrogen (secondary N) is 1. The van der Waals surface area contributed by atoms with Crippen LogP contribution >= 0.6 is 0 Å². The molecular weight excluding hydrogens is 222 g/mol. The fraction of sp³-hybridized carbons (Fsp3) is 0.625. The zero-order valence-corrected chi connectivity index (χ0v) is 12.0. The van der Waals surface area contributed by atoms with E-state index in [-0.39, 0.29) is 0 Å². The standard InChI is InChI=1S/C16H25NO/c1-5-17-14-10-12(11-16(2,3)4)18-15-9-7-6-8-13(14)15/h6-9,12,14,17H,5,10-11H2,1-4H3. The average molecular weight is 247 g/mol. The predicted molar refractivity (Wildman–Crippen MR) is 76.0 cm³/mol. The van der Waals surface area contributed by atoms with Crippen molar-refractivity contribution in [3.8, 4) is 5.75 Å². The molecule has 1 aliphatic heterocycles. The van der Waals surface area contributed by atoms with Crippen LogP contribution < -0.4 is 10.1 Å². The van der Waals surface area contributed by atoms with Crippen LogP contribution in [0.5, 0.6) is 5.75 Å². The van der Waals surface area contributed by atoms with Gasteiger partial charge in [-0.1, -0.05) is 45.9 Å². The molecule has 2 heteroatoms. The van der Waals surface area contributed by atoms with Crippen molar-refractivity contribution in [1.82, 2.24) is 5.32 Å². The first-order valence-corrected chi connectivity index (χ1v) is 6.98. The molecule has 0 saturated carbocycles. The van der Waals surface area contributed by atoms with E-state index in [9.17, 15) is 0 Å². The van der Waals surface area contributed by atoms with Crippen molar-refractivity contribution in [2.24, 2.45) is 5.41 Å². The summed E-state index contributed by atoms with van der Waals surface area (Å²) < 4.78 is 6.14. The van der Waals surface area contributed by atoms with Gasteiger partial charge in [0.1, 0.15) is 11.9 Å². The van der Waals surface area contributed by atoms with E-state index in [4.69, 9.17) is 4.74 Å². The van der Waals surface area contributed by atoms with Crippen LogP contribution in [0.25, 0.3) is 0 Å². The molecule has 0 spiro atoms. The molecule has 0 radical (unpaired) electrons. The summed E-state index contributed by atoms with van der Waals surface area (Å²) in [5, 5.41) is 3.58. The minimum Gasteiger partial charge on any atom is -0.490 e. The van der Waals surface area contributed by atoms with E-state index in [2.05, 4.69) is 57.3 Å². The molecule has 0 fully saturated rings. The summed E-state index contributed by atoms with van der Waals surface area (Å²) in [5.74, 6) is 1.06. The number of hydrogen-bond acceptors (Lipinski definition) is 2. The zero-order chi connectivity index (χ0) is 13.2. The molecule has 2 nitrogen and oxygen atoms in total. The van der Waals surface area contributed by atoms with Crippen LogP contribution in [0.3, 0.4) is 0 Å². The lowest BCUT2D eigenvalue weighted by Crippen LogP contribution is -2.35. The Morgan fingerprint density at radius 3 is 2.67 bits per heavy atom. The summed E-state index contributed by atoms with van der Waals surface area (Å²) >= 11 is 0. The second-order valence-electron chi connectivity index (χ2n) is 6.39. The molecule has 2 rings (SSSR count). The molecule has 0 amide bonds. The molecule has 0 saturated heterocycles. The number of ether oxygens (including phenoxy) is 1. The molecule has 1 aromatic carbocycles. The van der Waals surface area contributed by atoms with Crippen LogP contribution in [-0.4, -0.2) is 12.6 Å². The van der Waals surface area contributed by atoms with Gasteiger partial charge in [0.2, 0.25) is 0 Å². The Morgan fingerprint density at radius 2 is 2.00 bits per heavy atom. The molecule has 2 atom stereocenters. The van der Waals surface area contributed by atoms with E-state index < -0.39 is 0 Å². The van der Waals surface area contributed by atoms with Crippen molar-refractivity contribution in [1.29, 1.82) is 0 Å². The first kappa shape index (κ1) is 13.4. The van der Waals surface area contributed by atoms with Crippen molar-refractivity contribution in [3.63, 3.8) is 0 Å². The number of benzene rings is 1. The molecule has 1 N–H and O–H groups in total. The van der Waals surface area contributed by atoms with Gasteiger partial charge in [0.15, 0.2) is 0 Å². The fourth-order valence-corrected chi connectivity index (χ4v) is 2.74. The Hall–Kier alpha value is -1.02. The third-order valence-corrected chi connectivity index (χ3v) is 3.38. The van der Waals surface area contributed by atoms with Gasteiger partial charge in [-0.3, -0.25) is 0 Å². The minimum absolute atomic E-state index is 0.313. The van der Waals surface area contributed by atoms with E-state index in [1.807, 2.05) is 0 Å². The van der Waals surface area contributed by atoms with E-state index in [0.29, 0.717) is 17.6 Å². The number of fused-ring (bicyclic) bond motifs is 1. The van der Waals surface area contributed by atoms with E-state index in [1.165, 1.54) is 5.56 Å². The molecule has 1 aromatic rings. The Balaban J connectivity index is 2.17. The SMILES string of the molecule is CCNC1CC(CC(C)(C)C)Oc2ccccc21. The molecule has 18 heavy (non-hydrogen) atoms. The second-order valence-corrected chi connectivity index (χ2v) is 6.39. The molecule has 1 heterocycles. The molecule has 0 bridgehead atoms. The maximum Gasteiger partial charge on any atom is 0.124 e. The van der Waals surface area contributed by atoms with Gasteiger partial charge in [0.05, 0.1) is 0 Å². The highest BCUT2D eigenvalue weighted by Gasteiger charge is 2.30. The van der Waals surface area contributed by atoms with Crippen LogP contribution in [0.4, 0.5) is 0 Å². The molecule has 0 aliphatic carbocycles. The lowest BCUT2D eigenvalue weighted by molar-refractivity contribution is 0.106. The smallest absolute Gasteiger partial charge is 0.124 e. The summed E-state index contributed by atoms with van der Waals surface area (Å²) in [4.78, 5) is 0. The lowest BCUT2D eigenvalue weighted by atomic mass is 9.85. The number of rotatable bonds is 3. The maximum atomic E-state index is 6.14. The van der Waals surface area contributed by atoms with Crippen molar-refractivity contribution in [3.05, 3.63) is 29.8 Å². The van der Waals surface area contributed by atoms with E-state index in [0.717, 1.165) is 25.1 Å². The van der Waals surface area contributed by atoms with Crippen LogP contribution in [0.1, 0.15) is 52.1 Å². The topological polar surface area (TPSA) is 21.3 Å². The molecular formula is C16H25NO. The summed E-state index contributed by atoms with van der Waals surface area (Å²) in [7, 11) is 0. The zero-order valence-electron chi connectivity index (χ0n) is 12.0. The maximum absolute atomic E-state index is 6.14. The normalized spacial score (nSPS) is 23.3. The first-order chi connectivity index (χ1) is 8.49. The number of hydrogen-bond donors (Lipinski definition) is 1. The van der Waals surface area contributed by atoms with Crippen LogP contribution in [-0.2, 0) is 0 Å². The summed E-state index contributed by atoms with van der Waals surface area (Å²) in [6, 6.07) is 8.86. The summed E-state index contributed by atoms with van der Waals surface area (Å²) in [6.07, 6.45) is 2.50. The van der Waals surface area contributed by atoms with Gasteiger partial charge < -0.3 is 10.1 Å². The van der Waals surface area contributed by atoms with Gasteiger partial charge in [-0.15, -0.1) is 0 Å². The van der Waals surface area contributed by atoms with E-state index >= 15 is 0 Å². The Morgan fingerprint density at radius 1 is 1.28 bits per heavy atom. The predicted octanol–water partition coefficient (Wildman–Crippen LogP) is 3.92. The quantitative estimate of drug-likeness (QED) is 0.874. The molecule has 0 aromatic heterocycles. The Labute approximate surface area is 111 Å². The molecule has 2 unspecified atom stereocenters. The monoisotopic (exact) mass is 247 g/mol. The average Bonchev–Trinajstić information content (AvgIpc) is 2.27. The third-order valence-electron chi connectivity index (χ3n) is 3.38. The van der Waals surface area contributed by atoms with Crippen LogP contribution in [0, 0.1) is 5.41 Å². The van der Waals surface area contributed by atoms with Crippen molar-refractivity contribution >= 4 is 0 Å². The Bertz CT molecular complexity index is 394. The van der Waals surface area contributed by atoms with E-state index in [1.54, 1.807) is 0 Å². The van der Waals surface area contributed by atoms with Gasteiger partial charge in [0, 0.05) is 18.0 Å². The van der Waals surface area contributed by atoms with Crippen molar-refractivity contribution < 1.29 is 4.74 Å². The fourth-order valence-electron chi connectivity index (χ4n) is 2.74. The Kier molecular flexibility index (Phi) is 3.96. The van der Waals surface area contributed by atoms with Crippen molar-refractivity contribution in [2.45, 2.75) is 52.7 Å². The highest BCUT2D eigenvalue weighted by molar-refractivity contribution is 5.37. The third kappa shape index (κ3) is 3.26. The molecule has 1 aliphatic rings. The number of para-hydroxylation sites is 1. The van der Waals surface area contributed by atoms with Gasteiger partial charge in [-0.2, -0.15) is 0 Å². The minimum atomic E-state index is 0.313. The van der Waals surface area contributed by atoms with Crippen LogP contribution in [0.2, 0.25) is 0 Å². The van der Waals surface area contributed by atoms with Gasteiger partial charge in [-0.05, 0) is 24.4 Å². The largest absolute Gasteiger partial charge is 0.490 e. The summed E-state index contributed by atoms with van der Waals surface area (Å²) in [6.45, 7) is 10.00. The molecule has 100 valence electrons.